The van der Waals surface area contributed by atoms with Gasteiger partial charge in [0, 0.05) is 36.6 Å². The van der Waals surface area contributed by atoms with E-state index in [1.54, 1.807) is 35.0 Å². The van der Waals surface area contributed by atoms with E-state index in [2.05, 4.69) is 15.4 Å². The van der Waals surface area contributed by atoms with Gasteiger partial charge in [-0.25, -0.2) is 4.98 Å². The summed E-state index contributed by atoms with van der Waals surface area (Å²) in [5.41, 5.74) is 2.30. The van der Waals surface area contributed by atoms with Crippen LogP contribution in [-0.2, 0) is 9.59 Å². The number of fused-ring (bicyclic) bond motifs is 2. The van der Waals surface area contributed by atoms with Gasteiger partial charge >= 0.3 is 0 Å². The number of thiazole rings is 1. The molecule has 0 bridgehead atoms. The Morgan fingerprint density at radius 3 is 2.47 bits per heavy atom. The van der Waals surface area contributed by atoms with Gasteiger partial charge in [0.25, 0.3) is 5.91 Å². The molecule has 2 aromatic heterocycles. The van der Waals surface area contributed by atoms with Crippen LogP contribution in [0.4, 0.5) is 11.5 Å². The van der Waals surface area contributed by atoms with Crippen LogP contribution in [0.2, 0.25) is 0 Å². The average Bonchev–Trinajstić information content (AvgIpc) is 3.59. The Balaban J connectivity index is 1.26. The molecule has 3 amide bonds. The first kappa shape index (κ1) is 20.4. The van der Waals surface area contributed by atoms with E-state index in [4.69, 9.17) is 9.47 Å². The minimum Gasteiger partial charge on any atom is -0.454 e. The highest BCUT2D eigenvalue weighted by molar-refractivity contribution is 7.20. The van der Waals surface area contributed by atoms with Gasteiger partial charge in [0.15, 0.2) is 11.5 Å². The summed E-state index contributed by atoms with van der Waals surface area (Å²) >= 11 is 1.42. The summed E-state index contributed by atoms with van der Waals surface area (Å²) < 4.78 is 13.4. The zero-order valence-electron chi connectivity index (χ0n) is 17.9. The van der Waals surface area contributed by atoms with Crippen molar-refractivity contribution in [2.24, 2.45) is 0 Å². The molecule has 4 heterocycles. The molecule has 11 heteroatoms. The van der Waals surface area contributed by atoms with Crippen LogP contribution in [0.15, 0.2) is 42.5 Å². The predicted octanol–water partition coefficient (Wildman–Crippen LogP) is 3.42. The van der Waals surface area contributed by atoms with Crippen LogP contribution in [0.5, 0.6) is 11.5 Å². The standard InChI is InChI=1S/C23H17N5O5S/c1-12-8-19(25-22(31)13-2-4-14(5-3-13)27-20(29)6-7-21(27)30)28(26-12)23-24-15-9-16-17(33-11-32-16)10-18(15)34-23/h2-5,8-10H,6-7,11H2,1H3,(H,25,31). The van der Waals surface area contributed by atoms with Crippen molar-refractivity contribution in [2.45, 2.75) is 19.8 Å². The number of nitrogens with zero attached hydrogens (tertiary/aromatic N) is 4. The molecule has 1 fully saturated rings. The minimum absolute atomic E-state index is 0.194. The Morgan fingerprint density at radius 1 is 1.03 bits per heavy atom. The molecule has 170 valence electrons. The third-order valence-corrected chi connectivity index (χ3v) is 6.56. The zero-order valence-corrected chi connectivity index (χ0v) is 18.7. The first-order valence-corrected chi connectivity index (χ1v) is 11.3. The fourth-order valence-electron chi connectivity index (χ4n) is 3.95. The highest BCUT2D eigenvalue weighted by atomic mass is 32.1. The predicted molar refractivity (Wildman–Crippen MR) is 124 cm³/mol. The molecule has 1 saturated heterocycles. The van der Waals surface area contributed by atoms with Crippen molar-refractivity contribution in [1.82, 2.24) is 14.8 Å². The molecule has 1 N–H and O–H groups in total. The topological polar surface area (TPSA) is 116 Å². The van der Waals surface area contributed by atoms with Crippen LogP contribution < -0.4 is 19.7 Å². The Labute approximate surface area is 196 Å². The van der Waals surface area contributed by atoms with Gasteiger partial charge in [-0.1, -0.05) is 11.3 Å². The smallest absolute Gasteiger partial charge is 0.256 e. The maximum Gasteiger partial charge on any atom is 0.256 e. The van der Waals surface area contributed by atoms with Crippen LogP contribution in [0.25, 0.3) is 15.3 Å². The fourth-order valence-corrected chi connectivity index (χ4v) is 4.89. The fraction of sp³-hybridized carbons (Fsp3) is 0.174. The monoisotopic (exact) mass is 475 g/mol. The number of hydrogen-bond acceptors (Lipinski definition) is 8. The van der Waals surface area contributed by atoms with E-state index in [0.717, 1.165) is 15.1 Å². The summed E-state index contributed by atoms with van der Waals surface area (Å²) in [4.78, 5) is 42.6. The second kappa shape index (κ2) is 7.66. The molecule has 2 aliphatic heterocycles. The second-order valence-electron chi connectivity index (χ2n) is 7.88. The lowest BCUT2D eigenvalue weighted by molar-refractivity contribution is -0.121. The van der Waals surface area contributed by atoms with E-state index in [0.29, 0.717) is 39.4 Å². The van der Waals surface area contributed by atoms with Gasteiger partial charge in [0.1, 0.15) is 5.82 Å². The summed E-state index contributed by atoms with van der Waals surface area (Å²) in [6.45, 7) is 2.02. The third kappa shape index (κ3) is 3.37. The molecule has 0 unspecified atom stereocenters. The number of nitrogens with one attached hydrogen (secondary N) is 1. The van der Waals surface area contributed by atoms with Gasteiger partial charge < -0.3 is 14.8 Å². The number of aromatic nitrogens is 3. The number of benzene rings is 2. The lowest BCUT2D eigenvalue weighted by atomic mass is 10.2. The van der Waals surface area contributed by atoms with Crippen molar-refractivity contribution < 1.29 is 23.9 Å². The maximum atomic E-state index is 12.9. The third-order valence-electron chi connectivity index (χ3n) is 5.57. The highest BCUT2D eigenvalue weighted by Crippen LogP contribution is 2.39. The first-order chi connectivity index (χ1) is 16.5. The van der Waals surface area contributed by atoms with Crippen LogP contribution in [0, 0.1) is 6.92 Å². The van der Waals surface area contributed by atoms with Crippen LogP contribution in [0.3, 0.4) is 0 Å². The lowest BCUT2D eigenvalue weighted by Gasteiger charge is -2.14. The number of ether oxygens (including phenoxy) is 2. The van der Waals surface area contributed by atoms with E-state index in [-0.39, 0.29) is 37.4 Å². The van der Waals surface area contributed by atoms with Crippen molar-refractivity contribution in [3.63, 3.8) is 0 Å². The van der Waals surface area contributed by atoms with Crippen molar-refractivity contribution in [3.8, 4) is 16.6 Å². The molecule has 0 saturated carbocycles. The normalized spacial score (nSPS) is 14.9. The molecule has 0 atom stereocenters. The lowest BCUT2D eigenvalue weighted by Crippen LogP contribution is -2.28. The Bertz CT molecular complexity index is 1430. The Kier molecular flexibility index (Phi) is 4.59. The van der Waals surface area contributed by atoms with Gasteiger partial charge in [-0.15, -0.1) is 0 Å². The van der Waals surface area contributed by atoms with Crippen LogP contribution >= 0.6 is 11.3 Å². The summed E-state index contributed by atoms with van der Waals surface area (Å²) in [6.07, 6.45) is 0.414. The van der Waals surface area contributed by atoms with Gasteiger partial charge in [0.2, 0.25) is 23.7 Å². The van der Waals surface area contributed by atoms with E-state index in [1.807, 2.05) is 19.1 Å². The van der Waals surface area contributed by atoms with Crippen molar-refractivity contribution in [3.05, 3.63) is 53.7 Å². The largest absolute Gasteiger partial charge is 0.454 e. The van der Waals surface area contributed by atoms with E-state index in [1.165, 1.54) is 11.3 Å². The second-order valence-corrected chi connectivity index (χ2v) is 8.89. The van der Waals surface area contributed by atoms with E-state index in [9.17, 15) is 14.4 Å². The molecule has 0 radical (unpaired) electrons. The van der Waals surface area contributed by atoms with Crippen molar-refractivity contribution in [2.75, 3.05) is 17.0 Å². The molecule has 4 aromatic rings. The minimum atomic E-state index is -0.353. The number of imide groups is 1. The number of aryl methyl sites for hydroxylation is 1. The number of carbonyl (C=O) groups excluding carboxylic acids is 3. The van der Waals surface area contributed by atoms with Gasteiger partial charge in [-0.2, -0.15) is 9.78 Å². The summed E-state index contributed by atoms with van der Waals surface area (Å²) in [6, 6.07) is 11.8. The summed E-state index contributed by atoms with van der Waals surface area (Å²) in [5.74, 6) is 0.967. The van der Waals surface area contributed by atoms with E-state index < -0.39 is 0 Å². The molecule has 2 aromatic carbocycles. The number of rotatable bonds is 4. The van der Waals surface area contributed by atoms with Gasteiger partial charge in [0.05, 0.1) is 21.6 Å². The van der Waals surface area contributed by atoms with Crippen molar-refractivity contribution >= 4 is 50.8 Å². The molecule has 0 spiro atoms. The SMILES string of the molecule is Cc1cc(NC(=O)c2ccc(N3C(=O)CCC3=O)cc2)n(-c2nc3cc4c(cc3s2)OCO4)n1. The Hall–Kier alpha value is -4.25. The molecular weight excluding hydrogens is 458 g/mol. The van der Waals surface area contributed by atoms with E-state index >= 15 is 0 Å². The van der Waals surface area contributed by atoms with Crippen LogP contribution in [0.1, 0.15) is 28.9 Å². The first-order valence-electron chi connectivity index (χ1n) is 10.5. The molecular formula is C23H17N5O5S. The van der Waals surface area contributed by atoms with Crippen molar-refractivity contribution in [1.29, 1.82) is 0 Å². The maximum absolute atomic E-state index is 12.9. The average molecular weight is 475 g/mol. The van der Waals surface area contributed by atoms with Gasteiger partial charge in [-0.3, -0.25) is 19.3 Å². The molecule has 6 rings (SSSR count). The summed E-state index contributed by atoms with van der Waals surface area (Å²) in [5, 5.41) is 7.95. The van der Waals surface area contributed by atoms with Crippen LogP contribution in [-0.4, -0.2) is 39.3 Å². The van der Waals surface area contributed by atoms with Gasteiger partial charge in [-0.05, 0) is 31.2 Å². The summed E-state index contributed by atoms with van der Waals surface area (Å²) in [7, 11) is 0. The molecule has 10 nitrogen and oxygen atoms in total. The quantitative estimate of drug-likeness (QED) is 0.450. The number of amides is 3. The molecule has 0 aliphatic carbocycles. The number of carbonyl (C=O) groups is 3. The highest BCUT2D eigenvalue weighted by Gasteiger charge is 2.30. The number of hydrogen-bond donors (Lipinski definition) is 1. The number of anilines is 2. The zero-order chi connectivity index (χ0) is 23.4. The molecule has 2 aliphatic rings. The molecule has 34 heavy (non-hydrogen) atoms. The Morgan fingerprint density at radius 2 is 1.74 bits per heavy atom.